The second kappa shape index (κ2) is 6.02. The van der Waals surface area contributed by atoms with Crippen molar-refractivity contribution < 1.29 is 9.18 Å². The van der Waals surface area contributed by atoms with E-state index in [1.807, 2.05) is 0 Å². The van der Waals surface area contributed by atoms with Crippen LogP contribution in [0.4, 0.5) is 4.39 Å². The lowest BCUT2D eigenvalue weighted by molar-refractivity contribution is 0.0620. The zero-order valence-electron chi connectivity index (χ0n) is 12.7. The zero-order valence-corrected chi connectivity index (χ0v) is 13.5. The van der Waals surface area contributed by atoms with Crippen LogP contribution in [0.1, 0.15) is 22.6 Å². The first kappa shape index (κ1) is 14.8. The van der Waals surface area contributed by atoms with Gasteiger partial charge in [0.05, 0.1) is 4.88 Å². The maximum atomic E-state index is 13.8. The second-order valence-corrected chi connectivity index (χ2v) is 7.26. The van der Waals surface area contributed by atoms with Crippen molar-refractivity contribution in [2.75, 3.05) is 19.6 Å². The Hall–Kier alpha value is -1.79. The minimum absolute atomic E-state index is 0.142. The molecule has 0 spiro atoms. The molecule has 1 aromatic carbocycles. The molecule has 4 nitrogen and oxygen atoms in total. The van der Waals surface area contributed by atoms with Crippen LogP contribution in [0.25, 0.3) is 10.4 Å². The Kier molecular flexibility index (Phi) is 3.87. The van der Waals surface area contributed by atoms with Crippen molar-refractivity contribution in [3.63, 3.8) is 0 Å². The summed E-state index contributed by atoms with van der Waals surface area (Å²) < 4.78 is 13.8. The molecule has 23 heavy (non-hydrogen) atoms. The van der Waals surface area contributed by atoms with E-state index in [-0.39, 0.29) is 17.8 Å². The van der Waals surface area contributed by atoms with Crippen LogP contribution in [0.3, 0.4) is 0 Å². The van der Waals surface area contributed by atoms with Gasteiger partial charge in [0.25, 0.3) is 5.91 Å². The van der Waals surface area contributed by atoms with Gasteiger partial charge in [-0.3, -0.25) is 4.79 Å². The zero-order chi connectivity index (χ0) is 15.8. The van der Waals surface area contributed by atoms with E-state index in [0.717, 1.165) is 32.5 Å². The predicted octanol–water partition coefficient (Wildman–Crippen LogP) is 2.77. The number of halogens is 1. The molecule has 120 valence electrons. The summed E-state index contributed by atoms with van der Waals surface area (Å²) in [4.78, 5) is 19.7. The summed E-state index contributed by atoms with van der Waals surface area (Å²) in [5.41, 5.74) is 0.492. The number of nitrogens with zero attached hydrogens (tertiary/aromatic N) is 2. The standard InChI is InChI=1S/C17H18FN3OS/c18-13-4-2-1-3-12(13)15-9-19-17(23-15)16(22)20-14-10-21-7-5-11(14)6-8-21/h1-4,9,11,14H,5-8,10H2,(H,20,22)/t14-/m0/s1. The van der Waals surface area contributed by atoms with Crippen molar-refractivity contribution in [3.05, 3.63) is 41.3 Å². The summed E-state index contributed by atoms with van der Waals surface area (Å²) >= 11 is 1.24. The van der Waals surface area contributed by atoms with E-state index in [1.54, 1.807) is 24.4 Å². The number of carbonyl (C=O) groups is 1. The molecule has 2 aromatic rings. The van der Waals surface area contributed by atoms with Crippen LogP contribution in [0.2, 0.25) is 0 Å². The van der Waals surface area contributed by atoms with Gasteiger partial charge < -0.3 is 10.2 Å². The molecule has 3 aliphatic heterocycles. The number of aromatic nitrogens is 1. The number of rotatable bonds is 3. The summed E-state index contributed by atoms with van der Waals surface area (Å²) in [5, 5.41) is 3.52. The number of fused-ring (bicyclic) bond motifs is 3. The van der Waals surface area contributed by atoms with Crippen LogP contribution in [0.15, 0.2) is 30.5 Å². The van der Waals surface area contributed by atoms with Crippen molar-refractivity contribution >= 4 is 17.2 Å². The van der Waals surface area contributed by atoms with Crippen molar-refractivity contribution in [1.82, 2.24) is 15.2 Å². The third-order valence-electron chi connectivity index (χ3n) is 4.81. The SMILES string of the molecule is O=C(N[C@H]1CN2CCC1CC2)c1ncc(-c2ccccc2F)s1. The number of amides is 1. The maximum Gasteiger partial charge on any atom is 0.280 e. The Morgan fingerprint density at radius 3 is 2.78 bits per heavy atom. The Labute approximate surface area is 138 Å². The Morgan fingerprint density at radius 2 is 2.09 bits per heavy atom. The summed E-state index contributed by atoms with van der Waals surface area (Å²) in [6.45, 7) is 3.22. The third kappa shape index (κ3) is 2.88. The van der Waals surface area contributed by atoms with Gasteiger partial charge >= 0.3 is 0 Å². The Morgan fingerprint density at radius 1 is 1.30 bits per heavy atom. The fraction of sp³-hybridized carbons (Fsp3) is 0.412. The fourth-order valence-electron chi connectivity index (χ4n) is 3.52. The van der Waals surface area contributed by atoms with E-state index in [4.69, 9.17) is 0 Å². The van der Waals surface area contributed by atoms with Crippen molar-refractivity contribution in [3.8, 4) is 10.4 Å². The summed E-state index contributed by atoms with van der Waals surface area (Å²) in [6.07, 6.45) is 3.89. The van der Waals surface area contributed by atoms with Crippen molar-refractivity contribution in [2.24, 2.45) is 5.92 Å². The molecule has 3 fully saturated rings. The van der Waals surface area contributed by atoms with Gasteiger partial charge in [0, 0.05) is 24.3 Å². The largest absolute Gasteiger partial charge is 0.346 e. The van der Waals surface area contributed by atoms with Crippen LogP contribution in [-0.2, 0) is 0 Å². The molecule has 1 aromatic heterocycles. The first-order chi connectivity index (χ1) is 11.2. The topological polar surface area (TPSA) is 45.2 Å². The average molecular weight is 331 g/mol. The second-order valence-electron chi connectivity index (χ2n) is 6.23. The summed E-state index contributed by atoms with van der Waals surface area (Å²) in [6, 6.07) is 6.78. The third-order valence-corrected chi connectivity index (χ3v) is 5.84. The fourth-order valence-corrected chi connectivity index (χ4v) is 4.37. The highest BCUT2D eigenvalue weighted by Crippen LogP contribution is 2.30. The summed E-state index contributed by atoms with van der Waals surface area (Å²) in [7, 11) is 0. The van der Waals surface area contributed by atoms with Crippen LogP contribution >= 0.6 is 11.3 Å². The number of nitrogens with one attached hydrogen (secondary N) is 1. The minimum Gasteiger partial charge on any atom is -0.346 e. The van der Waals surface area contributed by atoms with Crippen molar-refractivity contribution in [1.29, 1.82) is 0 Å². The molecule has 2 bridgehead atoms. The number of carbonyl (C=O) groups excluding carboxylic acids is 1. The highest BCUT2D eigenvalue weighted by atomic mass is 32.1. The Balaban J connectivity index is 1.48. The lowest BCUT2D eigenvalue weighted by Crippen LogP contribution is -2.57. The molecular formula is C17H18FN3OS. The molecule has 6 heteroatoms. The molecule has 0 unspecified atom stereocenters. The van der Waals surface area contributed by atoms with E-state index in [1.165, 1.54) is 17.4 Å². The normalized spacial score (nSPS) is 26.2. The first-order valence-corrected chi connectivity index (χ1v) is 8.76. The van der Waals surface area contributed by atoms with E-state index < -0.39 is 0 Å². The highest BCUT2D eigenvalue weighted by Gasteiger charge is 2.35. The van der Waals surface area contributed by atoms with Crippen LogP contribution in [-0.4, -0.2) is 41.5 Å². The lowest BCUT2D eigenvalue weighted by atomic mass is 9.84. The van der Waals surface area contributed by atoms with Gasteiger partial charge in [-0.15, -0.1) is 11.3 Å². The van der Waals surface area contributed by atoms with Gasteiger partial charge in [0.15, 0.2) is 5.01 Å². The molecule has 4 heterocycles. The van der Waals surface area contributed by atoms with E-state index >= 15 is 0 Å². The molecule has 3 saturated heterocycles. The molecule has 1 atom stereocenters. The first-order valence-electron chi connectivity index (χ1n) is 7.94. The Bertz CT molecular complexity index is 724. The van der Waals surface area contributed by atoms with Gasteiger partial charge in [-0.1, -0.05) is 18.2 Å². The van der Waals surface area contributed by atoms with Crippen LogP contribution in [0.5, 0.6) is 0 Å². The smallest absolute Gasteiger partial charge is 0.280 e. The van der Waals surface area contributed by atoms with Crippen LogP contribution in [0, 0.1) is 11.7 Å². The number of thiazole rings is 1. The number of benzene rings is 1. The predicted molar refractivity (Wildman–Crippen MR) is 87.9 cm³/mol. The highest BCUT2D eigenvalue weighted by molar-refractivity contribution is 7.17. The monoisotopic (exact) mass is 331 g/mol. The van der Waals surface area contributed by atoms with Gasteiger partial charge in [-0.2, -0.15) is 0 Å². The molecular weight excluding hydrogens is 313 g/mol. The van der Waals surface area contributed by atoms with Gasteiger partial charge in [0.2, 0.25) is 0 Å². The quantitative estimate of drug-likeness (QED) is 0.941. The maximum absolute atomic E-state index is 13.8. The minimum atomic E-state index is -0.291. The summed E-state index contributed by atoms with van der Waals surface area (Å²) in [5.74, 6) is 0.145. The molecule has 5 rings (SSSR count). The lowest BCUT2D eigenvalue weighted by Gasteiger charge is -2.44. The van der Waals surface area contributed by atoms with E-state index in [9.17, 15) is 9.18 Å². The molecule has 0 radical (unpaired) electrons. The van der Waals surface area contributed by atoms with Crippen LogP contribution < -0.4 is 5.32 Å². The van der Waals surface area contributed by atoms with Gasteiger partial charge in [-0.05, 0) is 37.9 Å². The average Bonchev–Trinajstić information content (AvgIpc) is 3.06. The number of piperidine rings is 3. The van der Waals surface area contributed by atoms with Crippen molar-refractivity contribution in [2.45, 2.75) is 18.9 Å². The molecule has 3 aliphatic rings. The molecule has 1 N–H and O–H groups in total. The van der Waals surface area contributed by atoms with E-state index in [2.05, 4.69) is 15.2 Å². The molecule has 0 saturated carbocycles. The molecule has 1 amide bonds. The number of hydrogen-bond acceptors (Lipinski definition) is 4. The molecule has 0 aliphatic carbocycles. The van der Waals surface area contributed by atoms with E-state index in [0.29, 0.717) is 21.4 Å². The number of hydrogen-bond donors (Lipinski definition) is 1. The van der Waals surface area contributed by atoms with Gasteiger partial charge in [-0.25, -0.2) is 9.37 Å². The van der Waals surface area contributed by atoms with Gasteiger partial charge in [0.1, 0.15) is 5.82 Å².